The monoisotopic (exact) mass is 406 g/mol. The van der Waals surface area contributed by atoms with Gasteiger partial charge in [-0.05, 0) is 29.8 Å². The van der Waals surface area contributed by atoms with Crippen LogP contribution < -0.4 is 10.5 Å². The summed E-state index contributed by atoms with van der Waals surface area (Å²) < 4.78 is 32.8. The van der Waals surface area contributed by atoms with Crippen LogP contribution in [0.2, 0.25) is 0 Å². The second kappa shape index (κ2) is 8.12. The molecule has 3 aromatic carbocycles. The first-order valence-corrected chi connectivity index (χ1v) is 9.00. The van der Waals surface area contributed by atoms with E-state index in [0.717, 1.165) is 17.2 Å². The standard InChI is InChI=1S/C22H16F2N4O2/c23-16-9-8-15(18(24)11-16)12-30-19-7-2-1-6-17(19)13-4-3-5-14(10-13)21-26-22(20(25)29)28-27-21/h1-11H,12H2,(H2,25,29)(H,26,27,28). The molecule has 0 aliphatic rings. The fourth-order valence-corrected chi connectivity index (χ4v) is 2.95. The minimum absolute atomic E-state index is 0.0274. The number of nitrogens with zero attached hydrogens (tertiary/aromatic N) is 2. The van der Waals surface area contributed by atoms with Gasteiger partial charge in [0, 0.05) is 22.8 Å². The summed E-state index contributed by atoms with van der Waals surface area (Å²) in [7, 11) is 0. The number of rotatable bonds is 6. The van der Waals surface area contributed by atoms with Crippen LogP contribution in [-0.4, -0.2) is 21.1 Å². The molecule has 0 radical (unpaired) electrons. The Balaban J connectivity index is 1.62. The van der Waals surface area contributed by atoms with Crippen LogP contribution >= 0.6 is 0 Å². The number of nitrogens with two attached hydrogens (primary N) is 1. The minimum Gasteiger partial charge on any atom is -0.488 e. The molecule has 0 spiro atoms. The van der Waals surface area contributed by atoms with Crippen molar-refractivity contribution < 1.29 is 18.3 Å². The third-order valence-corrected chi connectivity index (χ3v) is 4.44. The molecule has 0 unspecified atom stereocenters. The lowest BCUT2D eigenvalue weighted by Gasteiger charge is -2.13. The predicted octanol–water partition coefficient (Wildman–Crippen LogP) is 4.09. The van der Waals surface area contributed by atoms with Crippen molar-refractivity contribution in [3.63, 3.8) is 0 Å². The highest BCUT2D eigenvalue weighted by Gasteiger charge is 2.13. The van der Waals surface area contributed by atoms with E-state index in [9.17, 15) is 13.6 Å². The molecule has 1 amide bonds. The van der Waals surface area contributed by atoms with Gasteiger partial charge in [-0.1, -0.05) is 36.4 Å². The molecule has 6 nitrogen and oxygen atoms in total. The van der Waals surface area contributed by atoms with Gasteiger partial charge in [-0.15, -0.1) is 0 Å². The molecule has 0 fully saturated rings. The number of hydrogen-bond donors (Lipinski definition) is 2. The molecule has 0 aliphatic carbocycles. The lowest BCUT2D eigenvalue weighted by molar-refractivity contribution is 0.0991. The molecule has 1 aromatic heterocycles. The molecule has 4 aromatic rings. The first-order chi connectivity index (χ1) is 14.5. The smallest absolute Gasteiger partial charge is 0.286 e. The van der Waals surface area contributed by atoms with E-state index in [1.807, 2.05) is 30.3 Å². The molecule has 4 rings (SSSR count). The van der Waals surface area contributed by atoms with Gasteiger partial charge in [-0.2, -0.15) is 5.10 Å². The lowest BCUT2D eigenvalue weighted by Crippen LogP contribution is -2.12. The number of benzene rings is 3. The third-order valence-electron chi connectivity index (χ3n) is 4.44. The molecular formula is C22H16F2N4O2. The van der Waals surface area contributed by atoms with Gasteiger partial charge >= 0.3 is 0 Å². The molecule has 1 heterocycles. The van der Waals surface area contributed by atoms with Gasteiger partial charge in [0.25, 0.3) is 5.91 Å². The van der Waals surface area contributed by atoms with Crippen LogP contribution in [0.5, 0.6) is 5.75 Å². The van der Waals surface area contributed by atoms with Crippen molar-refractivity contribution in [2.24, 2.45) is 5.73 Å². The number of H-pyrrole nitrogens is 1. The summed E-state index contributed by atoms with van der Waals surface area (Å²) >= 11 is 0. The van der Waals surface area contributed by atoms with E-state index in [0.29, 0.717) is 17.1 Å². The fraction of sp³-hybridized carbons (Fsp3) is 0.0455. The van der Waals surface area contributed by atoms with Crippen LogP contribution in [0, 0.1) is 11.6 Å². The topological polar surface area (TPSA) is 93.9 Å². The van der Waals surface area contributed by atoms with Crippen LogP contribution in [0.15, 0.2) is 66.7 Å². The minimum atomic E-state index is -0.698. The number of hydrogen-bond acceptors (Lipinski definition) is 4. The molecule has 0 bridgehead atoms. The Morgan fingerprint density at radius 3 is 2.57 bits per heavy atom. The Kier molecular flexibility index (Phi) is 5.21. The zero-order valence-corrected chi connectivity index (χ0v) is 15.6. The third kappa shape index (κ3) is 4.02. The number of carbonyl (C=O) groups is 1. The molecule has 0 saturated heterocycles. The summed E-state index contributed by atoms with van der Waals surface area (Å²) in [5, 5.41) is 6.52. The molecule has 30 heavy (non-hydrogen) atoms. The predicted molar refractivity (Wildman–Crippen MR) is 106 cm³/mol. The molecular weight excluding hydrogens is 390 g/mol. The average Bonchev–Trinajstić information content (AvgIpc) is 3.24. The highest BCUT2D eigenvalue weighted by Crippen LogP contribution is 2.32. The average molecular weight is 406 g/mol. The highest BCUT2D eigenvalue weighted by atomic mass is 19.1. The Labute approximate surface area is 170 Å². The number of amides is 1. The van der Waals surface area contributed by atoms with Crippen molar-refractivity contribution >= 4 is 5.91 Å². The Morgan fingerprint density at radius 1 is 1.00 bits per heavy atom. The maximum Gasteiger partial charge on any atom is 0.286 e. The van der Waals surface area contributed by atoms with Gasteiger partial charge in [-0.25, -0.2) is 13.8 Å². The number of para-hydroxylation sites is 1. The van der Waals surface area contributed by atoms with E-state index >= 15 is 0 Å². The Bertz CT molecular complexity index is 1220. The van der Waals surface area contributed by atoms with Crippen LogP contribution in [0.4, 0.5) is 8.78 Å². The van der Waals surface area contributed by atoms with E-state index < -0.39 is 17.5 Å². The van der Waals surface area contributed by atoms with Gasteiger partial charge < -0.3 is 10.5 Å². The molecule has 0 atom stereocenters. The summed E-state index contributed by atoms with van der Waals surface area (Å²) in [6.45, 7) is -0.0499. The number of ether oxygens (including phenoxy) is 1. The summed E-state index contributed by atoms with van der Waals surface area (Å²) in [4.78, 5) is 15.3. The summed E-state index contributed by atoms with van der Waals surface area (Å²) in [5.41, 5.74) is 7.72. The summed E-state index contributed by atoms with van der Waals surface area (Å²) in [6.07, 6.45) is 0. The van der Waals surface area contributed by atoms with E-state index in [4.69, 9.17) is 10.5 Å². The van der Waals surface area contributed by atoms with Gasteiger partial charge in [-0.3, -0.25) is 9.89 Å². The van der Waals surface area contributed by atoms with Crippen molar-refractivity contribution in [3.8, 4) is 28.3 Å². The quantitative estimate of drug-likeness (QED) is 0.504. The van der Waals surface area contributed by atoms with E-state index in [2.05, 4.69) is 15.2 Å². The second-order valence-corrected chi connectivity index (χ2v) is 6.47. The number of aromatic nitrogens is 3. The van der Waals surface area contributed by atoms with Crippen molar-refractivity contribution in [3.05, 3.63) is 89.8 Å². The number of carbonyl (C=O) groups excluding carboxylic acids is 1. The normalized spacial score (nSPS) is 10.7. The molecule has 3 N–H and O–H groups in total. The van der Waals surface area contributed by atoms with Gasteiger partial charge in [0.15, 0.2) is 5.82 Å². The largest absolute Gasteiger partial charge is 0.488 e. The zero-order valence-electron chi connectivity index (χ0n) is 15.6. The maximum atomic E-state index is 13.9. The van der Waals surface area contributed by atoms with Gasteiger partial charge in [0.05, 0.1) is 0 Å². The van der Waals surface area contributed by atoms with Gasteiger partial charge in [0.1, 0.15) is 24.0 Å². The lowest BCUT2D eigenvalue weighted by atomic mass is 10.0. The Morgan fingerprint density at radius 2 is 1.80 bits per heavy atom. The van der Waals surface area contributed by atoms with Gasteiger partial charge in [0.2, 0.25) is 5.82 Å². The summed E-state index contributed by atoms with van der Waals surface area (Å²) in [5.74, 6) is -1.16. The molecule has 150 valence electrons. The van der Waals surface area contributed by atoms with Crippen LogP contribution in [-0.2, 0) is 6.61 Å². The number of aromatic amines is 1. The maximum absolute atomic E-state index is 13.9. The van der Waals surface area contributed by atoms with Crippen LogP contribution in [0.3, 0.4) is 0 Å². The highest BCUT2D eigenvalue weighted by molar-refractivity contribution is 5.89. The SMILES string of the molecule is NC(=O)c1nc(-c2cccc(-c3ccccc3OCc3ccc(F)cc3F)c2)n[nH]1. The number of nitrogens with one attached hydrogen (secondary N) is 1. The van der Waals surface area contributed by atoms with Crippen LogP contribution in [0.25, 0.3) is 22.5 Å². The van der Waals surface area contributed by atoms with Crippen LogP contribution in [0.1, 0.15) is 16.2 Å². The van der Waals surface area contributed by atoms with Crippen molar-refractivity contribution in [1.82, 2.24) is 15.2 Å². The number of halogens is 2. The molecule has 0 saturated carbocycles. The van der Waals surface area contributed by atoms with Crippen molar-refractivity contribution in [1.29, 1.82) is 0 Å². The number of primary amides is 1. The zero-order chi connectivity index (χ0) is 21.1. The second-order valence-electron chi connectivity index (χ2n) is 6.47. The van der Waals surface area contributed by atoms with Crippen molar-refractivity contribution in [2.45, 2.75) is 6.61 Å². The van der Waals surface area contributed by atoms with E-state index in [1.165, 1.54) is 12.1 Å². The van der Waals surface area contributed by atoms with E-state index in [-0.39, 0.29) is 18.0 Å². The molecule has 0 aliphatic heterocycles. The first kappa shape index (κ1) is 19.3. The fourth-order valence-electron chi connectivity index (χ4n) is 2.95. The first-order valence-electron chi connectivity index (χ1n) is 9.00. The Hall–Kier alpha value is -4.07. The molecule has 8 heteroatoms. The van der Waals surface area contributed by atoms with Crippen molar-refractivity contribution in [2.75, 3.05) is 0 Å². The van der Waals surface area contributed by atoms with E-state index in [1.54, 1.807) is 18.2 Å². The summed E-state index contributed by atoms with van der Waals surface area (Å²) in [6, 6.07) is 18.0.